The van der Waals surface area contributed by atoms with Gasteiger partial charge in [-0.15, -0.1) is 65.2 Å². The molecule has 199 valence electrons. The Balaban J connectivity index is 0.000000181. The zero-order chi connectivity index (χ0) is 27.0. The third-order valence-electron chi connectivity index (χ3n) is 6.50. The van der Waals surface area contributed by atoms with Crippen LogP contribution in [0.2, 0.25) is 0 Å². The van der Waals surface area contributed by atoms with E-state index in [4.69, 9.17) is 0 Å². The first kappa shape index (κ1) is 28.8. The summed E-state index contributed by atoms with van der Waals surface area (Å²) in [5.41, 5.74) is 11.2. The van der Waals surface area contributed by atoms with Gasteiger partial charge in [0.05, 0.1) is 5.82 Å². The SMILES string of the molecule is Cc1cnc(-c2[c-]cc(-c3ccccc3)cc2)cc1C.Cc1cnc(-c2[c-]ccc(-c3ccccc3)c2)nc1.[Ir]. The van der Waals surface area contributed by atoms with Crippen LogP contribution in [0.1, 0.15) is 16.7 Å². The summed E-state index contributed by atoms with van der Waals surface area (Å²) in [6.07, 6.45) is 5.57. The van der Waals surface area contributed by atoms with Crippen molar-refractivity contribution < 1.29 is 20.1 Å². The van der Waals surface area contributed by atoms with E-state index in [-0.39, 0.29) is 20.1 Å². The largest absolute Gasteiger partial charge is 0.304 e. The Bertz CT molecular complexity index is 1650. The van der Waals surface area contributed by atoms with Crippen LogP contribution in [0.5, 0.6) is 0 Å². The number of benzene rings is 4. The summed E-state index contributed by atoms with van der Waals surface area (Å²) in [5.74, 6) is 0.711. The minimum atomic E-state index is 0. The Kier molecular flexibility index (Phi) is 9.86. The minimum Gasteiger partial charge on any atom is -0.304 e. The van der Waals surface area contributed by atoms with Crippen LogP contribution in [0.4, 0.5) is 0 Å². The molecule has 6 rings (SSSR count). The quantitative estimate of drug-likeness (QED) is 0.173. The number of aryl methyl sites for hydroxylation is 3. The summed E-state index contributed by atoms with van der Waals surface area (Å²) >= 11 is 0. The molecule has 0 spiro atoms. The maximum Gasteiger partial charge on any atom is 0.0748 e. The molecule has 0 N–H and O–H groups in total. The van der Waals surface area contributed by atoms with Crippen LogP contribution in [0.3, 0.4) is 0 Å². The number of hydrogen-bond donors (Lipinski definition) is 0. The van der Waals surface area contributed by atoms with Gasteiger partial charge in [-0.25, -0.2) is 0 Å². The standard InChI is InChI=1S/C19H16N.C17H13N2.Ir/c1-14-12-19(20-13-15(14)2)18-10-8-17(9-11-18)16-6-4-3-5-7-16;1-13-11-18-17(19-12-13)16-9-5-8-15(10-16)14-6-3-2-4-7-14;/h3-10,12-13H,1-2H3;2-8,10-12H,1H3;/q2*-1;. The second-order valence-electron chi connectivity index (χ2n) is 9.45. The van der Waals surface area contributed by atoms with Crippen molar-refractivity contribution in [3.8, 4) is 44.9 Å². The second kappa shape index (κ2) is 13.7. The molecule has 0 fully saturated rings. The van der Waals surface area contributed by atoms with Crippen LogP contribution in [0.15, 0.2) is 122 Å². The van der Waals surface area contributed by atoms with Crippen molar-refractivity contribution >= 4 is 0 Å². The minimum absolute atomic E-state index is 0. The Morgan fingerprint density at radius 3 is 1.77 bits per heavy atom. The maximum atomic E-state index is 4.48. The van der Waals surface area contributed by atoms with Gasteiger partial charge in [-0.05, 0) is 43.2 Å². The zero-order valence-corrected chi connectivity index (χ0v) is 25.1. The Morgan fingerprint density at radius 2 is 1.18 bits per heavy atom. The molecule has 0 amide bonds. The Labute approximate surface area is 250 Å². The molecule has 0 bridgehead atoms. The van der Waals surface area contributed by atoms with E-state index >= 15 is 0 Å². The first-order valence-corrected chi connectivity index (χ1v) is 12.9. The smallest absolute Gasteiger partial charge is 0.0748 e. The second-order valence-corrected chi connectivity index (χ2v) is 9.45. The Morgan fingerprint density at radius 1 is 0.525 bits per heavy atom. The van der Waals surface area contributed by atoms with E-state index < -0.39 is 0 Å². The third kappa shape index (κ3) is 7.24. The van der Waals surface area contributed by atoms with Crippen molar-refractivity contribution in [1.29, 1.82) is 0 Å². The molecule has 0 aliphatic heterocycles. The van der Waals surface area contributed by atoms with Gasteiger partial charge in [-0.1, -0.05) is 83.4 Å². The van der Waals surface area contributed by atoms with E-state index in [0.29, 0.717) is 5.82 Å². The number of aromatic nitrogens is 3. The predicted octanol–water partition coefficient (Wildman–Crippen LogP) is 8.75. The van der Waals surface area contributed by atoms with Gasteiger partial charge in [0.2, 0.25) is 0 Å². The molecular weight excluding hydrogens is 667 g/mol. The van der Waals surface area contributed by atoms with Crippen LogP contribution < -0.4 is 0 Å². The monoisotopic (exact) mass is 696 g/mol. The first-order chi connectivity index (χ1) is 19.1. The van der Waals surface area contributed by atoms with Crippen molar-refractivity contribution in [3.05, 3.63) is 151 Å². The van der Waals surface area contributed by atoms with E-state index in [2.05, 4.69) is 89.5 Å². The van der Waals surface area contributed by atoms with E-state index in [1.54, 1.807) is 0 Å². The average Bonchev–Trinajstić information content (AvgIpc) is 3.00. The maximum absolute atomic E-state index is 4.48. The molecule has 4 aromatic carbocycles. The molecule has 2 aromatic heterocycles. The van der Waals surface area contributed by atoms with Gasteiger partial charge in [0, 0.05) is 38.7 Å². The topological polar surface area (TPSA) is 38.7 Å². The van der Waals surface area contributed by atoms with Gasteiger partial charge in [-0.2, -0.15) is 0 Å². The van der Waals surface area contributed by atoms with Crippen LogP contribution >= 0.6 is 0 Å². The van der Waals surface area contributed by atoms with Crippen molar-refractivity contribution in [1.82, 2.24) is 15.0 Å². The van der Waals surface area contributed by atoms with Gasteiger partial charge in [0.25, 0.3) is 0 Å². The number of rotatable bonds is 4. The molecule has 40 heavy (non-hydrogen) atoms. The fraction of sp³-hybridized carbons (Fsp3) is 0.0833. The molecule has 1 radical (unpaired) electrons. The molecule has 0 unspecified atom stereocenters. The van der Waals surface area contributed by atoms with Crippen LogP contribution in [-0.4, -0.2) is 15.0 Å². The zero-order valence-electron chi connectivity index (χ0n) is 22.7. The van der Waals surface area contributed by atoms with Crippen molar-refractivity contribution in [3.63, 3.8) is 0 Å². The van der Waals surface area contributed by atoms with Gasteiger partial charge in [0.15, 0.2) is 0 Å². The van der Waals surface area contributed by atoms with Crippen molar-refractivity contribution in [2.45, 2.75) is 20.8 Å². The summed E-state index contributed by atoms with van der Waals surface area (Å²) in [6, 6.07) is 41.5. The van der Waals surface area contributed by atoms with E-state index in [0.717, 1.165) is 27.9 Å². The van der Waals surface area contributed by atoms with Crippen molar-refractivity contribution in [2.24, 2.45) is 0 Å². The molecule has 0 aliphatic rings. The molecule has 3 nitrogen and oxygen atoms in total. The molecule has 6 aromatic rings. The summed E-state index contributed by atoms with van der Waals surface area (Å²) in [5, 5.41) is 0. The van der Waals surface area contributed by atoms with Gasteiger partial charge in [0.1, 0.15) is 0 Å². The summed E-state index contributed by atoms with van der Waals surface area (Å²) in [6.45, 7) is 6.17. The average molecular weight is 696 g/mol. The predicted molar refractivity (Wildman–Crippen MR) is 160 cm³/mol. The molecule has 2 heterocycles. The number of pyridine rings is 1. The molecule has 4 heteroatoms. The molecule has 0 saturated heterocycles. The first-order valence-electron chi connectivity index (χ1n) is 12.9. The summed E-state index contributed by atoms with van der Waals surface area (Å²) < 4.78 is 0. The summed E-state index contributed by atoms with van der Waals surface area (Å²) in [4.78, 5) is 13.2. The van der Waals surface area contributed by atoms with Crippen LogP contribution in [0, 0.1) is 32.9 Å². The fourth-order valence-corrected chi connectivity index (χ4v) is 4.10. The normalized spacial score (nSPS) is 10.2. The molecule has 0 saturated carbocycles. The van der Waals surface area contributed by atoms with E-state index in [1.807, 2.05) is 80.1 Å². The molecular formula is C36H29IrN3-2. The fourth-order valence-electron chi connectivity index (χ4n) is 4.10. The Hall–Kier alpha value is -4.24. The van der Waals surface area contributed by atoms with E-state index in [9.17, 15) is 0 Å². The van der Waals surface area contributed by atoms with Gasteiger partial charge < -0.3 is 4.98 Å². The molecule has 0 aliphatic carbocycles. The number of nitrogens with zero attached hydrogens (tertiary/aromatic N) is 3. The molecule has 0 atom stereocenters. The van der Waals surface area contributed by atoms with Crippen LogP contribution in [-0.2, 0) is 20.1 Å². The van der Waals surface area contributed by atoms with Gasteiger partial charge >= 0.3 is 0 Å². The van der Waals surface area contributed by atoms with E-state index in [1.165, 1.54) is 27.8 Å². The number of hydrogen-bond acceptors (Lipinski definition) is 3. The van der Waals surface area contributed by atoms with Crippen LogP contribution in [0.25, 0.3) is 44.9 Å². The van der Waals surface area contributed by atoms with Gasteiger partial charge in [-0.3, -0.25) is 9.97 Å². The third-order valence-corrected chi connectivity index (χ3v) is 6.50. The summed E-state index contributed by atoms with van der Waals surface area (Å²) in [7, 11) is 0. The van der Waals surface area contributed by atoms with Crippen molar-refractivity contribution in [2.75, 3.05) is 0 Å².